The van der Waals surface area contributed by atoms with Crippen LogP contribution in [0.2, 0.25) is 0 Å². The van der Waals surface area contributed by atoms with Crippen molar-refractivity contribution in [3.63, 3.8) is 0 Å². The highest BCUT2D eigenvalue weighted by Crippen LogP contribution is 2.27. The molecule has 1 aliphatic rings. The Morgan fingerprint density at radius 3 is 2.74 bits per heavy atom. The summed E-state index contributed by atoms with van der Waals surface area (Å²) in [6.07, 6.45) is 2.94. The first-order valence-corrected chi connectivity index (χ1v) is 9.52. The van der Waals surface area contributed by atoms with Gasteiger partial charge in [0.2, 0.25) is 0 Å². The fourth-order valence-electron chi connectivity index (χ4n) is 3.67. The Bertz CT molecular complexity index is 934. The lowest BCUT2D eigenvalue weighted by molar-refractivity contribution is 0.0950. The average molecular weight is 363 g/mol. The number of hydrogen-bond donors (Lipinski definition) is 1. The molecule has 0 aliphatic carbocycles. The first kappa shape index (κ1) is 17.7. The molecule has 3 aromatic rings. The minimum Gasteiger partial charge on any atom is -0.348 e. The number of aromatic nitrogens is 3. The van der Waals surface area contributed by atoms with Crippen molar-refractivity contribution in [2.45, 2.75) is 38.8 Å². The van der Waals surface area contributed by atoms with E-state index in [0.717, 1.165) is 36.5 Å². The summed E-state index contributed by atoms with van der Waals surface area (Å²) < 4.78 is 1.98. The van der Waals surface area contributed by atoms with Crippen molar-refractivity contribution in [1.29, 1.82) is 0 Å². The van der Waals surface area contributed by atoms with Crippen molar-refractivity contribution in [2.24, 2.45) is 0 Å². The lowest BCUT2D eigenvalue weighted by Crippen LogP contribution is -2.28. The Balaban J connectivity index is 1.52. The van der Waals surface area contributed by atoms with Gasteiger partial charge in [-0.3, -0.25) is 9.20 Å². The molecule has 3 heterocycles. The van der Waals surface area contributed by atoms with E-state index in [1.165, 1.54) is 0 Å². The van der Waals surface area contributed by atoms with Crippen LogP contribution in [0.1, 0.15) is 47.9 Å². The van der Waals surface area contributed by atoms with Gasteiger partial charge in [0.15, 0.2) is 5.65 Å². The lowest BCUT2D eigenvalue weighted by Gasteiger charge is -2.19. The Hall–Kier alpha value is -2.73. The van der Waals surface area contributed by atoms with Crippen LogP contribution in [-0.2, 0) is 6.54 Å². The molecule has 1 unspecified atom stereocenters. The van der Waals surface area contributed by atoms with Gasteiger partial charge in [-0.2, -0.15) is 0 Å². The Morgan fingerprint density at radius 2 is 2.00 bits per heavy atom. The third kappa shape index (κ3) is 3.71. The van der Waals surface area contributed by atoms with Gasteiger partial charge in [0.25, 0.3) is 5.91 Å². The van der Waals surface area contributed by atoms with Crippen molar-refractivity contribution in [3.05, 3.63) is 65.6 Å². The van der Waals surface area contributed by atoms with Gasteiger partial charge in [-0.25, -0.2) is 0 Å². The van der Waals surface area contributed by atoms with Crippen molar-refractivity contribution in [3.8, 4) is 0 Å². The highest BCUT2D eigenvalue weighted by atomic mass is 16.1. The number of pyridine rings is 1. The normalized spacial score (nSPS) is 17.7. The molecular formula is C21H25N5O. The summed E-state index contributed by atoms with van der Waals surface area (Å²) in [5.41, 5.74) is 2.49. The van der Waals surface area contributed by atoms with E-state index in [1.807, 2.05) is 53.1 Å². The summed E-state index contributed by atoms with van der Waals surface area (Å²) in [5.74, 6) is 1.21. The Morgan fingerprint density at radius 1 is 1.19 bits per heavy atom. The standard InChI is InChI=1S/C21H25N5O/c1-15(2)25-11-10-17(13-25)20-24-23-19-9-8-18(14-26(19)20)21(27)22-12-16-6-4-3-5-7-16/h3-9,14-15,17H,10-13H2,1-2H3,(H,22,27). The Labute approximate surface area is 159 Å². The zero-order chi connectivity index (χ0) is 18.8. The summed E-state index contributed by atoms with van der Waals surface area (Å²) in [5, 5.41) is 11.7. The van der Waals surface area contributed by atoms with Crippen molar-refractivity contribution in [2.75, 3.05) is 13.1 Å². The maximum Gasteiger partial charge on any atom is 0.253 e. The molecule has 4 rings (SSSR count). The number of carbonyl (C=O) groups is 1. The van der Waals surface area contributed by atoms with Gasteiger partial charge in [-0.15, -0.1) is 10.2 Å². The van der Waals surface area contributed by atoms with E-state index in [-0.39, 0.29) is 5.91 Å². The maximum atomic E-state index is 12.6. The zero-order valence-corrected chi connectivity index (χ0v) is 15.8. The predicted molar refractivity (Wildman–Crippen MR) is 105 cm³/mol. The van der Waals surface area contributed by atoms with E-state index in [2.05, 4.69) is 34.3 Å². The van der Waals surface area contributed by atoms with Crippen LogP contribution in [0.3, 0.4) is 0 Å². The highest BCUT2D eigenvalue weighted by Gasteiger charge is 2.29. The van der Waals surface area contributed by atoms with Crippen molar-refractivity contribution < 1.29 is 4.79 Å². The molecule has 0 saturated carbocycles. The first-order valence-electron chi connectivity index (χ1n) is 9.52. The fraction of sp³-hybridized carbons (Fsp3) is 0.381. The van der Waals surface area contributed by atoms with Crippen molar-refractivity contribution in [1.82, 2.24) is 24.8 Å². The SMILES string of the molecule is CC(C)N1CCC(c2nnc3ccc(C(=O)NCc4ccccc4)cn23)C1. The molecule has 0 bridgehead atoms. The third-order valence-corrected chi connectivity index (χ3v) is 5.30. The number of nitrogens with zero attached hydrogens (tertiary/aromatic N) is 4. The van der Waals surface area contributed by atoms with Gasteiger partial charge in [0.1, 0.15) is 5.82 Å². The van der Waals surface area contributed by atoms with E-state index >= 15 is 0 Å². The largest absolute Gasteiger partial charge is 0.348 e. The van der Waals surface area contributed by atoms with E-state index in [1.54, 1.807) is 0 Å². The summed E-state index contributed by atoms with van der Waals surface area (Å²) in [6.45, 7) is 7.02. The number of amides is 1. The highest BCUT2D eigenvalue weighted by molar-refractivity contribution is 5.94. The molecule has 6 heteroatoms. The van der Waals surface area contributed by atoms with Crippen LogP contribution >= 0.6 is 0 Å². The van der Waals surface area contributed by atoms with E-state index in [9.17, 15) is 4.79 Å². The molecule has 1 amide bonds. The predicted octanol–water partition coefficient (Wildman–Crippen LogP) is 2.86. The number of nitrogens with one attached hydrogen (secondary N) is 1. The van der Waals surface area contributed by atoms with Crippen LogP contribution in [0.5, 0.6) is 0 Å². The molecule has 140 valence electrons. The van der Waals surface area contributed by atoms with Gasteiger partial charge >= 0.3 is 0 Å². The van der Waals surface area contributed by atoms with Crippen LogP contribution in [0.15, 0.2) is 48.7 Å². The van der Waals surface area contributed by atoms with Crippen LogP contribution in [-0.4, -0.2) is 44.5 Å². The molecule has 0 spiro atoms. The number of hydrogen-bond acceptors (Lipinski definition) is 4. The molecule has 0 radical (unpaired) electrons. The third-order valence-electron chi connectivity index (χ3n) is 5.30. The fourth-order valence-corrected chi connectivity index (χ4v) is 3.67. The second kappa shape index (κ2) is 7.48. The topological polar surface area (TPSA) is 62.5 Å². The van der Waals surface area contributed by atoms with E-state index in [0.29, 0.717) is 24.1 Å². The van der Waals surface area contributed by atoms with Crippen LogP contribution in [0, 0.1) is 0 Å². The van der Waals surface area contributed by atoms with Gasteiger partial charge in [0.05, 0.1) is 5.56 Å². The van der Waals surface area contributed by atoms with Crippen LogP contribution in [0.25, 0.3) is 5.65 Å². The summed E-state index contributed by atoms with van der Waals surface area (Å²) in [7, 11) is 0. The molecule has 2 aromatic heterocycles. The smallest absolute Gasteiger partial charge is 0.253 e. The quantitative estimate of drug-likeness (QED) is 0.757. The zero-order valence-electron chi connectivity index (χ0n) is 15.8. The molecule has 1 aromatic carbocycles. The molecule has 1 atom stereocenters. The van der Waals surface area contributed by atoms with Gasteiger partial charge < -0.3 is 10.2 Å². The number of benzene rings is 1. The lowest BCUT2D eigenvalue weighted by atomic mass is 10.1. The number of likely N-dealkylation sites (tertiary alicyclic amines) is 1. The molecular weight excluding hydrogens is 338 g/mol. The van der Waals surface area contributed by atoms with E-state index in [4.69, 9.17) is 0 Å². The maximum absolute atomic E-state index is 12.6. The molecule has 27 heavy (non-hydrogen) atoms. The molecule has 6 nitrogen and oxygen atoms in total. The van der Waals surface area contributed by atoms with Gasteiger partial charge in [0, 0.05) is 31.2 Å². The number of carbonyl (C=O) groups excluding carboxylic acids is 1. The summed E-state index contributed by atoms with van der Waals surface area (Å²) in [4.78, 5) is 15.0. The second-order valence-electron chi connectivity index (χ2n) is 7.45. The minimum absolute atomic E-state index is 0.0874. The minimum atomic E-state index is -0.0874. The van der Waals surface area contributed by atoms with Crippen molar-refractivity contribution >= 4 is 11.6 Å². The average Bonchev–Trinajstić information content (AvgIpc) is 3.33. The monoisotopic (exact) mass is 363 g/mol. The summed E-state index contributed by atoms with van der Waals surface area (Å²) >= 11 is 0. The Kier molecular flexibility index (Phi) is 4.90. The van der Waals surface area contributed by atoms with Gasteiger partial charge in [-0.05, 0) is 44.5 Å². The van der Waals surface area contributed by atoms with E-state index < -0.39 is 0 Å². The molecule has 1 fully saturated rings. The molecule has 1 aliphatic heterocycles. The number of rotatable bonds is 5. The van der Waals surface area contributed by atoms with Crippen LogP contribution < -0.4 is 5.32 Å². The second-order valence-corrected chi connectivity index (χ2v) is 7.45. The van der Waals surface area contributed by atoms with Crippen LogP contribution in [0.4, 0.5) is 0 Å². The molecule has 1 saturated heterocycles. The molecule has 1 N–H and O–H groups in total. The summed E-state index contributed by atoms with van der Waals surface area (Å²) in [6, 6.07) is 14.1. The number of fused-ring (bicyclic) bond motifs is 1. The first-order chi connectivity index (χ1) is 13.1. The van der Waals surface area contributed by atoms with Gasteiger partial charge in [-0.1, -0.05) is 30.3 Å².